The molecule has 0 unspecified atom stereocenters. The third-order valence-corrected chi connectivity index (χ3v) is 1.06. The van der Waals surface area contributed by atoms with Gasteiger partial charge in [0.2, 0.25) is 0 Å². The molecule has 0 bridgehead atoms. The van der Waals surface area contributed by atoms with Crippen LogP contribution in [-0.2, 0) is 0 Å². The molecule has 48 valence electrons. The molecule has 0 saturated carbocycles. The van der Waals surface area contributed by atoms with E-state index in [1.54, 1.807) is 13.0 Å². The summed E-state index contributed by atoms with van der Waals surface area (Å²) in [6.07, 6.45) is 1.48. The molecule has 2 N–H and O–H groups in total. The summed E-state index contributed by atoms with van der Waals surface area (Å²) < 4.78 is 0. The Labute approximate surface area is 51.9 Å². The van der Waals surface area contributed by atoms with E-state index in [0.717, 1.165) is 4.79 Å². The maximum atomic E-state index is 10.7. The van der Waals surface area contributed by atoms with Crippen molar-refractivity contribution in [2.75, 3.05) is 5.84 Å². The Bertz CT molecular complexity index is 242. The topological polar surface area (TPSA) is 60.9 Å². The number of nitrogens with zero attached hydrogens (tertiary/aromatic N) is 2. The first kappa shape index (κ1) is 5.81. The van der Waals surface area contributed by atoms with E-state index in [0.29, 0.717) is 5.56 Å². The van der Waals surface area contributed by atoms with Gasteiger partial charge in [-0.1, -0.05) is 0 Å². The minimum atomic E-state index is -0.252. The zero-order valence-corrected chi connectivity index (χ0v) is 5.03. The number of aromatic nitrogens is 2. The molecule has 0 amide bonds. The van der Waals surface area contributed by atoms with Crippen LogP contribution in [0.5, 0.6) is 0 Å². The van der Waals surface area contributed by atoms with Gasteiger partial charge < -0.3 is 5.84 Å². The van der Waals surface area contributed by atoms with Crippen LogP contribution in [0.15, 0.2) is 17.1 Å². The van der Waals surface area contributed by atoms with Crippen molar-refractivity contribution < 1.29 is 0 Å². The highest BCUT2D eigenvalue weighted by Crippen LogP contribution is 1.79. The van der Waals surface area contributed by atoms with Crippen molar-refractivity contribution in [3.8, 4) is 0 Å². The Morgan fingerprint density at radius 3 is 2.89 bits per heavy atom. The molecule has 9 heavy (non-hydrogen) atoms. The minimum absolute atomic E-state index is 0.252. The van der Waals surface area contributed by atoms with Gasteiger partial charge in [-0.2, -0.15) is 5.10 Å². The highest BCUT2D eigenvalue weighted by Gasteiger charge is 1.91. The molecule has 0 saturated heterocycles. The predicted molar refractivity (Wildman–Crippen MR) is 33.4 cm³/mol. The van der Waals surface area contributed by atoms with Gasteiger partial charge in [-0.15, -0.1) is 4.79 Å². The van der Waals surface area contributed by atoms with Gasteiger partial charge in [-0.3, -0.25) is 4.79 Å². The third-order valence-electron chi connectivity index (χ3n) is 1.06. The van der Waals surface area contributed by atoms with Crippen molar-refractivity contribution in [1.82, 2.24) is 9.89 Å². The molecule has 4 nitrogen and oxygen atoms in total. The monoisotopic (exact) mass is 125 g/mol. The number of aryl methyl sites for hydroxylation is 1. The number of hydrogen-bond donors (Lipinski definition) is 1. The van der Waals surface area contributed by atoms with Gasteiger partial charge in [0.15, 0.2) is 0 Å². The van der Waals surface area contributed by atoms with Gasteiger partial charge >= 0.3 is 0 Å². The quantitative estimate of drug-likeness (QED) is 0.465. The normalized spacial score (nSPS) is 9.44. The first-order chi connectivity index (χ1) is 4.22. The molecule has 0 atom stereocenters. The van der Waals surface area contributed by atoms with Crippen molar-refractivity contribution in [3.05, 3.63) is 28.2 Å². The zero-order chi connectivity index (χ0) is 6.85. The minimum Gasteiger partial charge on any atom is -0.320 e. The molecule has 0 radical (unpaired) electrons. The summed E-state index contributed by atoms with van der Waals surface area (Å²) in [5.41, 5.74) is 0.352. The highest BCUT2D eigenvalue weighted by molar-refractivity contribution is 5.02. The van der Waals surface area contributed by atoms with Crippen LogP contribution in [0.4, 0.5) is 0 Å². The maximum absolute atomic E-state index is 10.7. The van der Waals surface area contributed by atoms with E-state index >= 15 is 0 Å². The summed E-state index contributed by atoms with van der Waals surface area (Å²) >= 11 is 0. The zero-order valence-electron chi connectivity index (χ0n) is 5.03. The molecule has 1 heterocycles. The van der Waals surface area contributed by atoms with E-state index < -0.39 is 0 Å². The molecular formula is C5H7N3O. The average Bonchev–Trinajstić information content (AvgIpc) is 1.83. The van der Waals surface area contributed by atoms with Gasteiger partial charge in [0.05, 0.1) is 6.20 Å². The predicted octanol–water partition coefficient (Wildman–Crippen LogP) is -0.734. The van der Waals surface area contributed by atoms with Crippen LogP contribution in [-0.4, -0.2) is 9.89 Å². The fraction of sp³-hybridized carbons (Fsp3) is 0.200. The van der Waals surface area contributed by atoms with Crippen LogP contribution in [0.1, 0.15) is 5.56 Å². The van der Waals surface area contributed by atoms with E-state index in [2.05, 4.69) is 5.10 Å². The molecule has 1 aromatic rings. The summed E-state index contributed by atoms with van der Waals surface area (Å²) in [6, 6.07) is 1.62. The third kappa shape index (κ3) is 0.910. The lowest BCUT2D eigenvalue weighted by Gasteiger charge is -1.93. The molecular weight excluding hydrogens is 118 g/mol. The number of nitrogen functional groups attached to an aromatic ring is 1. The fourth-order valence-corrected chi connectivity index (χ4v) is 0.521. The van der Waals surface area contributed by atoms with Crippen molar-refractivity contribution >= 4 is 0 Å². The maximum Gasteiger partial charge on any atom is 0.288 e. The van der Waals surface area contributed by atoms with Crippen LogP contribution >= 0.6 is 0 Å². The smallest absolute Gasteiger partial charge is 0.288 e. The second-order valence-electron chi connectivity index (χ2n) is 1.76. The van der Waals surface area contributed by atoms with Crippen molar-refractivity contribution in [1.29, 1.82) is 0 Å². The lowest BCUT2D eigenvalue weighted by Crippen LogP contribution is -2.30. The Balaban J connectivity index is 3.43. The lowest BCUT2D eigenvalue weighted by molar-refractivity contribution is 0.754. The molecule has 4 heteroatoms. The van der Waals surface area contributed by atoms with Gasteiger partial charge in [0, 0.05) is 5.56 Å². The van der Waals surface area contributed by atoms with E-state index in [1.165, 1.54) is 6.20 Å². The largest absolute Gasteiger partial charge is 0.320 e. The van der Waals surface area contributed by atoms with E-state index in [1.807, 2.05) is 0 Å². The fourth-order valence-electron chi connectivity index (χ4n) is 0.521. The van der Waals surface area contributed by atoms with Crippen LogP contribution in [0.25, 0.3) is 0 Å². The number of nitrogens with two attached hydrogens (primary N) is 1. The summed E-state index contributed by atoms with van der Waals surface area (Å²) in [7, 11) is 0. The standard InChI is InChI=1S/C5H7N3O/c1-4-2-3-7-8(6)5(4)9/h2-3H,6H2,1H3. The van der Waals surface area contributed by atoms with Gasteiger partial charge in [-0.05, 0) is 13.0 Å². The van der Waals surface area contributed by atoms with Crippen LogP contribution in [0.2, 0.25) is 0 Å². The Morgan fingerprint density at radius 2 is 2.44 bits per heavy atom. The molecule has 0 fully saturated rings. The van der Waals surface area contributed by atoms with Crippen molar-refractivity contribution in [3.63, 3.8) is 0 Å². The number of rotatable bonds is 0. The van der Waals surface area contributed by atoms with Gasteiger partial charge in [0.25, 0.3) is 5.56 Å². The van der Waals surface area contributed by atoms with Crippen LogP contribution < -0.4 is 11.4 Å². The van der Waals surface area contributed by atoms with E-state index in [4.69, 9.17) is 5.84 Å². The Hall–Kier alpha value is -1.32. The Morgan fingerprint density at radius 1 is 1.78 bits per heavy atom. The molecule has 0 spiro atoms. The van der Waals surface area contributed by atoms with E-state index in [9.17, 15) is 4.79 Å². The van der Waals surface area contributed by atoms with Gasteiger partial charge in [-0.25, -0.2) is 0 Å². The van der Waals surface area contributed by atoms with Crippen LogP contribution in [0, 0.1) is 6.92 Å². The summed E-state index contributed by atoms with van der Waals surface area (Å²) in [5.74, 6) is 5.11. The Kier molecular flexibility index (Phi) is 1.22. The van der Waals surface area contributed by atoms with Crippen molar-refractivity contribution in [2.45, 2.75) is 6.92 Å². The van der Waals surface area contributed by atoms with E-state index in [-0.39, 0.29) is 5.56 Å². The molecule has 1 aromatic heterocycles. The summed E-state index contributed by atoms with van der Waals surface area (Å²) in [5, 5.41) is 3.52. The molecule has 0 aliphatic heterocycles. The molecule has 1 rings (SSSR count). The second kappa shape index (κ2) is 1.89. The number of hydrogen-bond acceptors (Lipinski definition) is 3. The summed E-state index contributed by atoms with van der Waals surface area (Å²) in [4.78, 5) is 11.6. The average molecular weight is 125 g/mol. The molecule has 0 aliphatic carbocycles. The van der Waals surface area contributed by atoms with Crippen molar-refractivity contribution in [2.24, 2.45) is 0 Å². The molecule has 0 aromatic carbocycles. The lowest BCUT2D eigenvalue weighted by atomic mass is 10.3. The van der Waals surface area contributed by atoms with Gasteiger partial charge in [0.1, 0.15) is 0 Å². The summed E-state index contributed by atoms with van der Waals surface area (Å²) in [6.45, 7) is 1.69. The second-order valence-corrected chi connectivity index (χ2v) is 1.76. The first-order valence-electron chi connectivity index (χ1n) is 2.52. The SMILES string of the molecule is Cc1ccnn(N)c1=O. The highest BCUT2D eigenvalue weighted by atomic mass is 16.1. The molecule has 0 aliphatic rings. The first-order valence-corrected chi connectivity index (χ1v) is 2.52. The van der Waals surface area contributed by atoms with Crippen LogP contribution in [0.3, 0.4) is 0 Å².